The summed E-state index contributed by atoms with van der Waals surface area (Å²) in [5, 5.41) is 12.3. The number of nitrogens with zero attached hydrogens (tertiary/aromatic N) is 3. The van der Waals surface area contributed by atoms with Gasteiger partial charge in [-0.3, -0.25) is 9.78 Å². The Morgan fingerprint density at radius 1 is 1.36 bits per heavy atom. The number of anilines is 1. The van der Waals surface area contributed by atoms with Crippen LogP contribution in [0.5, 0.6) is 0 Å². The largest absolute Gasteiger partial charge is 0.480 e. The first-order valence-electron chi connectivity index (χ1n) is 8.89. The molecule has 0 aliphatic carbocycles. The van der Waals surface area contributed by atoms with E-state index in [2.05, 4.69) is 15.3 Å². The lowest BCUT2D eigenvalue weighted by Crippen LogP contribution is -2.68. The average Bonchev–Trinajstić information content (AvgIpc) is 2.68. The minimum Gasteiger partial charge on any atom is -0.480 e. The minimum atomic E-state index is -1.23. The van der Waals surface area contributed by atoms with E-state index in [1.54, 1.807) is 30.6 Å². The van der Waals surface area contributed by atoms with Crippen LogP contribution in [0.4, 0.5) is 10.6 Å². The van der Waals surface area contributed by atoms with Crippen molar-refractivity contribution in [2.75, 3.05) is 5.73 Å². The number of pyridine rings is 2. The molecule has 1 saturated heterocycles. The van der Waals surface area contributed by atoms with Gasteiger partial charge in [0.1, 0.15) is 5.82 Å². The molecule has 9 heteroatoms. The molecule has 2 aromatic heterocycles. The van der Waals surface area contributed by atoms with Crippen LogP contribution in [0.25, 0.3) is 0 Å². The van der Waals surface area contributed by atoms with Crippen LogP contribution < -0.4 is 11.1 Å². The van der Waals surface area contributed by atoms with Gasteiger partial charge in [0, 0.05) is 18.6 Å². The topological polar surface area (TPSA) is 139 Å². The van der Waals surface area contributed by atoms with Gasteiger partial charge in [0.15, 0.2) is 6.04 Å². The number of carboxylic acids is 1. The fraction of sp³-hybridized carbons (Fsp3) is 0.316. The Balaban J connectivity index is 1.73. The van der Waals surface area contributed by atoms with Crippen molar-refractivity contribution in [1.29, 1.82) is 0 Å². The van der Waals surface area contributed by atoms with E-state index >= 15 is 0 Å². The van der Waals surface area contributed by atoms with Crippen molar-refractivity contribution >= 4 is 23.7 Å². The summed E-state index contributed by atoms with van der Waals surface area (Å²) in [6.07, 6.45) is 5.47. The van der Waals surface area contributed by atoms with Crippen LogP contribution in [0.15, 0.2) is 42.9 Å². The number of amides is 3. The summed E-state index contributed by atoms with van der Waals surface area (Å²) in [6.45, 7) is 1.88. The summed E-state index contributed by atoms with van der Waals surface area (Å²) in [5.74, 6) is -2.30. The highest BCUT2D eigenvalue weighted by Crippen LogP contribution is 2.31. The lowest BCUT2D eigenvalue weighted by atomic mass is 9.82. The molecule has 1 fully saturated rings. The maximum Gasteiger partial charge on any atom is 0.327 e. The zero-order chi connectivity index (χ0) is 20.3. The minimum absolute atomic E-state index is 0.173. The van der Waals surface area contributed by atoms with Gasteiger partial charge < -0.3 is 16.2 Å². The highest BCUT2D eigenvalue weighted by atomic mass is 16.4. The zero-order valence-corrected chi connectivity index (χ0v) is 15.3. The third-order valence-corrected chi connectivity index (χ3v) is 4.78. The van der Waals surface area contributed by atoms with Gasteiger partial charge in [-0.2, -0.15) is 0 Å². The van der Waals surface area contributed by atoms with E-state index in [-0.39, 0.29) is 18.3 Å². The van der Waals surface area contributed by atoms with Crippen molar-refractivity contribution < 1.29 is 19.5 Å². The molecule has 3 amide bonds. The Hall–Kier alpha value is -3.49. The molecule has 0 spiro atoms. The number of aromatic nitrogens is 2. The summed E-state index contributed by atoms with van der Waals surface area (Å²) in [5.41, 5.74) is 7.10. The van der Waals surface area contributed by atoms with Crippen LogP contribution in [0.2, 0.25) is 0 Å². The molecule has 0 saturated carbocycles. The Labute approximate surface area is 161 Å². The summed E-state index contributed by atoms with van der Waals surface area (Å²) >= 11 is 0. The number of hydrogen-bond acceptors (Lipinski definition) is 6. The molecule has 3 heterocycles. The van der Waals surface area contributed by atoms with Gasteiger partial charge in [-0.15, -0.1) is 0 Å². The predicted molar refractivity (Wildman–Crippen MR) is 99.9 cm³/mol. The molecule has 146 valence electrons. The third-order valence-electron chi connectivity index (χ3n) is 4.78. The first-order valence-corrected chi connectivity index (χ1v) is 8.89. The lowest BCUT2D eigenvalue weighted by Gasteiger charge is -2.43. The van der Waals surface area contributed by atoms with Gasteiger partial charge in [0.05, 0.1) is 12.0 Å². The summed E-state index contributed by atoms with van der Waals surface area (Å²) in [7, 11) is 0. The summed E-state index contributed by atoms with van der Waals surface area (Å²) in [6, 6.07) is 4.49. The normalized spacial score (nSPS) is 19.6. The lowest BCUT2D eigenvalue weighted by molar-refractivity contribution is -0.165. The van der Waals surface area contributed by atoms with E-state index in [4.69, 9.17) is 5.73 Å². The van der Waals surface area contributed by atoms with Crippen molar-refractivity contribution in [1.82, 2.24) is 20.2 Å². The van der Waals surface area contributed by atoms with E-state index in [0.29, 0.717) is 12.0 Å². The molecule has 4 N–H and O–H groups in total. The molecule has 3 atom stereocenters. The van der Waals surface area contributed by atoms with Crippen molar-refractivity contribution in [2.24, 2.45) is 5.92 Å². The van der Waals surface area contributed by atoms with Crippen molar-refractivity contribution in [3.8, 4) is 0 Å². The van der Waals surface area contributed by atoms with Crippen LogP contribution >= 0.6 is 0 Å². The van der Waals surface area contributed by atoms with Crippen LogP contribution in [0.3, 0.4) is 0 Å². The highest BCUT2D eigenvalue weighted by Gasteiger charge is 2.54. The molecule has 28 heavy (non-hydrogen) atoms. The van der Waals surface area contributed by atoms with E-state index < -0.39 is 29.9 Å². The molecule has 3 rings (SSSR count). The fourth-order valence-corrected chi connectivity index (χ4v) is 3.35. The van der Waals surface area contributed by atoms with Crippen molar-refractivity contribution in [3.63, 3.8) is 0 Å². The molecule has 0 aromatic carbocycles. The van der Waals surface area contributed by atoms with Crippen LogP contribution in [-0.2, 0) is 16.0 Å². The number of hydrogen-bond donors (Lipinski definition) is 3. The van der Waals surface area contributed by atoms with E-state index in [0.717, 1.165) is 10.5 Å². The maximum atomic E-state index is 12.6. The number of nitrogens with one attached hydrogen (secondary N) is 1. The summed E-state index contributed by atoms with van der Waals surface area (Å²) < 4.78 is 0. The second-order valence-corrected chi connectivity index (χ2v) is 6.59. The molecule has 9 nitrogen and oxygen atoms in total. The van der Waals surface area contributed by atoms with Gasteiger partial charge in [-0.05, 0) is 42.2 Å². The number of aliphatic carboxylic acids is 1. The number of carbonyl (C=O) groups excluding carboxylic acids is 2. The molecule has 1 unspecified atom stereocenters. The number of imide groups is 1. The molecule has 2 aromatic rings. The molecule has 0 radical (unpaired) electrons. The van der Waals surface area contributed by atoms with Crippen LogP contribution in [-0.4, -0.2) is 43.9 Å². The first-order chi connectivity index (χ1) is 13.4. The van der Waals surface area contributed by atoms with Crippen molar-refractivity contribution in [2.45, 2.75) is 31.8 Å². The van der Waals surface area contributed by atoms with E-state index in [9.17, 15) is 19.5 Å². The third kappa shape index (κ3) is 3.78. The van der Waals surface area contributed by atoms with Gasteiger partial charge >= 0.3 is 12.0 Å². The number of carboxylic acid groups (broad SMARTS) is 1. The molecule has 1 aliphatic heterocycles. The van der Waals surface area contributed by atoms with Gasteiger partial charge in [0.25, 0.3) is 0 Å². The highest BCUT2D eigenvalue weighted by molar-refractivity contribution is 6.07. The number of likely N-dealkylation sites (tertiary alicyclic amines) is 1. The zero-order valence-electron chi connectivity index (χ0n) is 15.3. The second kappa shape index (κ2) is 8.03. The van der Waals surface area contributed by atoms with Gasteiger partial charge in [0.2, 0.25) is 5.91 Å². The van der Waals surface area contributed by atoms with Crippen LogP contribution in [0.1, 0.15) is 30.5 Å². The summed E-state index contributed by atoms with van der Waals surface area (Å²) in [4.78, 5) is 45.6. The van der Waals surface area contributed by atoms with Gasteiger partial charge in [-0.1, -0.05) is 13.0 Å². The number of rotatable bonds is 6. The van der Waals surface area contributed by atoms with Gasteiger partial charge in [-0.25, -0.2) is 19.5 Å². The molecular formula is C19H21N5O4. The Morgan fingerprint density at radius 2 is 2.14 bits per heavy atom. The van der Waals surface area contributed by atoms with E-state index in [1.807, 2.05) is 13.0 Å². The predicted octanol–water partition coefficient (Wildman–Crippen LogP) is 1.37. The van der Waals surface area contributed by atoms with Crippen molar-refractivity contribution in [3.05, 3.63) is 54.0 Å². The second-order valence-electron chi connectivity index (χ2n) is 6.59. The number of nitrogens with two attached hydrogens (primary N) is 1. The molecule has 1 aliphatic rings. The molecular weight excluding hydrogens is 362 g/mol. The smallest absolute Gasteiger partial charge is 0.327 e. The average molecular weight is 383 g/mol. The SMILES string of the molecule is CC[C@@H](NC(=O)N1C(=O)C(Cc2ccnc(N)c2)[C@H]1C(=O)O)c1cccnc1. The monoisotopic (exact) mass is 383 g/mol. The van der Waals surface area contributed by atoms with Crippen LogP contribution in [0, 0.1) is 5.92 Å². The fourth-order valence-electron chi connectivity index (χ4n) is 3.35. The number of urea groups is 1. The number of β-lactam (4-membered cyclic amide) rings is 1. The Kier molecular flexibility index (Phi) is 5.53. The standard InChI is InChI=1S/C19H21N5O4/c1-2-14(12-4-3-6-21-10-12)23-19(28)24-16(18(26)27)13(17(24)25)8-11-5-7-22-15(20)9-11/h3-7,9-10,13-14,16H,2,8H2,1H3,(H2,20,22)(H,23,28)(H,26,27)/t13?,14-,16+/m1/s1. The first kappa shape index (κ1) is 19.3. The quantitative estimate of drug-likeness (QED) is 0.640. The maximum absolute atomic E-state index is 12.6. The number of carbonyl (C=O) groups is 3. The Bertz CT molecular complexity index is 889. The van der Waals surface area contributed by atoms with E-state index in [1.165, 1.54) is 6.20 Å². The number of nitrogen functional groups attached to an aromatic ring is 1. The Morgan fingerprint density at radius 3 is 2.75 bits per heavy atom. The molecule has 0 bridgehead atoms.